The van der Waals surface area contributed by atoms with E-state index in [-0.39, 0.29) is 5.04 Å². The molecule has 1 fully saturated rings. The van der Waals surface area contributed by atoms with Crippen LogP contribution in [0.2, 0.25) is 24.7 Å². The third-order valence-corrected chi connectivity index (χ3v) is 8.22. The Kier molecular flexibility index (Phi) is 3.50. The standard InChI is InChI=1S/C16H24OSi/c1-13-10-11-16(12-13,18(2,3)4)15(17)14-8-6-5-7-9-14/h5-9,13H,10-12H2,1-4H3/t13-,16-/m1/s1. The van der Waals surface area contributed by atoms with Crippen LogP contribution < -0.4 is 0 Å². The zero-order valence-electron chi connectivity index (χ0n) is 12.0. The van der Waals surface area contributed by atoms with Crippen LogP contribution in [0.5, 0.6) is 0 Å². The number of ketones is 1. The van der Waals surface area contributed by atoms with Gasteiger partial charge in [0.1, 0.15) is 0 Å². The van der Waals surface area contributed by atoms with Gasteiger partial charge in [-0.3, -0.25) is 4.79 Å². The van der Waals surface area contributed by atoms with Gasteiger partial charge in [0.25, 0.3) is 0 Å². The molecule has 0 spiro atoms. The van der Waals surface area contributed by atoms with Crippen LogP contribution in [0.1, 0.15) is 36.5 Å². The van der Waals surface area contributed by atoms with Crippen LogP contribution in [0.15, 0.2) is 30.3 Å². The number of Topliss-reactive ketones (excluding diaryl/α,β-unsaturated/α-hetero) is 1. The number of carbonyl (C=O) groups excluding carboxylic acids is 1. The van der Waals surface area contributed by atoms with Crippen molar-refractivity contribution in [3.8, 4) is 0 Å². The molecule has 1 aliphatic carbocycles. The van der Waals surface area contributed by atoms with E-state index in [0.29, 0.717) is 11.7 Å². The number of hydrogen-bond donors (Lipinski definition) is 0. The normalized spacial score (nSPS) is 28.3. The van der Waals surface area contributed by atoms with Crippen LogP contribution in [0, 0.1) is 5.92 Å². The van der Waals surface area contributed by atoms with Crippen molar-refractivity contribution in [2.45, 2.75) is 50.9 Å². The van der Waals surface area contributed by atoms with E-state index in [1.807, 2.05) is 30.3 Å². The van der Waals surface area contributed by atoms with Gasteiger partial charge < -0.3 is 0 Å². The van der Waals surface area contributed by atoms with Crippen molar-refractivity contribution >= 4 is 13.9 Å². The fraction of sp³-hybridized carbons (Fsp3) is 0.562. The van der Waals surface area contributed by atoms with Crippen molar-refractivity contribution in [1.29, 1.82) is 0 Å². The van der Waals surface area contributed by atoms with Crippen molar-refractivity contribution < 1.29 is 4.79 Å². The smallest absolute Gasteiger partial charge is 0.166 e. The van der Waals surface area contributed by atoms with Gasteiger partial charge in [0.15, 0.2) is 5.78 Å². The molecule has 2 rings (SSSR count). The summed E-state index contributed by atoms with van der Waals surface area (Å²) < 4.78 is 0. The molecule has 98 valence electrons. The Bertz CT molecular complexity index is 432. The van der Waals surface area contributed by atoms with Gasteiger partial charge in [-0.05, 0) is 25.2 Å². The SMILES string of the molecule is C[C@@H]1CC[C@@](C(=O)c2ccccc2)([Si](C)(C)C)C1. The lowest BCUT2D eigenvalue weighted by Gasteiger charge is -2.39. The lowest BCUT2D eigenvalue weighted by atomic mass is 9.94. The Morgan fingerprint density at radius 2 is 1.83 bits per heavy atom. The minimum absolute atomic E-state index is 0.0340. The predicted molar refractivity (Wildman–Crippen MR) is 79.8 cm³/mol. The Balaban J connectivity index is 2.41. The number of rotatable bonds is 3. The molecule has 2 atom stereocenters. The average Bonchev–Trinajstić information content (AvgIpc) is 2.72. The summed E-state index contributed by atoms with van der Waals surface area (Å²) in [5, 5.41) is -0.0340. The highest BCUT2D eigenvalue weighted by Gasteiger charge is 2.52. The van der Waals surface area contributed by atoms with Gasteiger partial charge in [0.2, 0.25) is 0 Å². The molecule has 0 radical (unpaired) electrons. The molecule has 18 heavy (non-hydrogen) atoms. The Hall–Kier alpha value is -0.893. The second-order valence-corrected chi connectivity index (χ2v) is 12.3. The molecule has 1 aromatic rings. The first-order valence-corrected chi connectivity index (χ1v) is 10.5. The molecule has 0 bridgehead atoms. The first-order valence-electron chi connectivity index (χ1n) is 6.97. The number of carbonyl (C=O) groups is 1. The molecule has 0 heterocycles. The topological polar surface area (TPSA) is 17.1 Å². The Labute approximate surface area is 112 Å². The highest BCUT2D eigenvalue weighted by molar-refractivity contribution is 6.83. The summed E-state index contributed by atoms with van der Waals surface area (Å²) in [7, 11) is -1.51. The van der Waals surface area contributed by atoms with Gasteiger partial charge >= 0.3 is 0 Å². The largest absolute Gasteiger partial charge is 0.294 e. The van der Waals surface area contributed by atoms with Crippen LogP contribution in [0.4, 0.5) is 0 Å². The maximum Gasteiger partial charge on any atom is 0.166 e. The van der Waals surface area contributed by atoms with Crippen LogP contribution in [-0.2, 0) is 0 Å². The zero-order valence-corrected chi connectivity index (χ0v) is 13.0. The fourth-order valence-electron chi connectivity index (χ4n) is 3.39. The van der Waals surface area contributed by atoms with Crippen molar-refractivity contribution in [3.05, 3.63) is 35.9 Å². The van der Waals surface area contributed by atoms with E-state index >= 15 is 0 Å². The monoisotopic (exact) mass is 260 g/mol. The molecule has 1 saturated carbocycles. The molecule has 0 N–H and O–H groups in total. The molecular weight excluding hydrogens is 236 g/mol. The van der Waals surface area contributed by atoms with Gasteiger partial charge in [-0.25, -0.2) is 0 Å². The van der Waals surface area contributed by atoms with Gasteiger partial charge in [0, 0.05) is 10.6 Å². The van der Waals surface area contributed by atoms with E-state index in [4.69, 9.17) is 0 Å². The molecule has 0 aliphatic heterocycles. The van der Waals surface area contributed by atoms with E-state index in [1.165, 1.54) is 6.42 Å². The lowest BCUT2D eigenvalue weighted by molar-refractivity contribution is 0.0926. The van der Waals surface area contributed by atoms with Crippen molar-refractivity contribution in [2.24, 2.45) is 5.92 Å². The molecule has 1 aromatic carbocycles. The molecule has 0 unspecified atom stereocenters. The molecule has 0 aromatic heterocycles. The third-order valence-electron chi connectivity index (χ3n) is 4.67. The summed E-state index contributed by atoms with van der Waals surface area (Å²) in [4.78, 5) is 13.0. The van der Waals surface area contributed by atoms with E-state index in [2.05, 4.69) is 26.6 Å². The second-order valence-electron chi connectivity index (χ2n) is 6.88. The average molecular weight is 260 g/mol. The maximum atomic E-state index is 13.0. The first-order chi connectivity index (χ1) is 8.37. The summed E-state index contributed by atoms with van der Waals surface area (Å²) in [5.41, 5.74) is 0.911. The predicted octanol–water partition coefficient (Wildman–Crippen LogP) is 4.77. The molecule has 1 aliphatic rings. The molecular formula is C16H24OSi. The van der Waals surface area contributed by atoms with E-state index in [0.717, 1.165) is 18.4 Å². The Morgan fingerprint density at radius 1 is 1.22 bits per heavy atom. The molecule has 0 saturated heterocycles. The van der Waals surface area contributed by atoms with Gasteiger partial charge in [-0.2, -0.15) is 0 Å². The fourth-order valence-corrected chi connectivity index (χ4v) is 6.07. The van der Waals surface area contributed by atoms with Crippen LogP contribution in [0.3, 0.4) is 0 Å². The van der Waals surface area contributed by atoms with E-state index in [9.17, 15) is 4.79 Å². The minimum Gasteiger partial charge on any atom is -0.294 e. The van der Waals surface area contributed by atoms with Crippen molar-refractivity contribution in [3.63, 3.8) is 0 Å². The van der Waals surface area contributed by atoms with Crippen LogP contribution in [0.25, 0.3) is 0 Å². The van der Waals surface area contributed by atoms with Gasteiger partial charge in [-0.1, -0.05) is 56.9 Å². The summed E-state index contributed by atoms with van der Waals surface area (Å²) in [5.74, 6) is 1.11. The lowest BCUT2D eigenvalue weighted by Crippen LogP contribution is -2.43. The summed E-state index contributed by atoms with van der Waals surface area (Å²) in [6.45, 7) is 9.35. The molecule has 1 nitrogen and oxygen atoms in total. The third kappa shape index (κ3) is 2.18. The second kappa shape index (κ2) is 4.65. The summed E-state index contributed by atoms with van der Waals surface area (Å²) in [6.07, 6.45) is 3.40. The van der Waals surface area contributed by atoms with Crippen molar-refractivity contribution in [1.82, 2.24) is 0 Å². The molecule has 0 amide bonds. The quantitative estimate of drug-likeness (QED) is 0.565. The highest BCUT2D eigenvalue weighted by Crippen LogP contribution is 2.56. The van der Waals surface area contributed by atoms with Crippen molar-refractivity contribution in [2.75, 3.05) is 0 Å². The van der Waals surface area contributed by atoms with Crippen LogP contribution in [-0.4, -0.2) is 13.9 Å². The number of benzene rings is 1. The van der Waals surface area contributed by atoms with Gasteiger partial charge in [0.05, 0.1) is 8.07 Å². The van der Waals surface area contributed by atoms with E-state index in [1.54, 1.807) is 0 Å². The number of hydrogen-bond acceptors (Lipinski definition) is 1. The minimum atomic E-state index is -1.51. The Morgan fingerprint density at radius 3 is 2.28 bits per heavy atom. The molecule has 2 heteroatoms. The zero-order chi connectivity index (χ0) is 13.4. The van der Waals surface area contributed by atoms with Gasteiger partial charge in [-0.15, -0.1) is 0 Å². The van der Waals surface area contributed by atoms with Crippen LogP contribution >= 0.6 is 0 Å². The first kappa shape index (κ1) is 13.5. The highest BCUT2D eigenvalue weighted by atomic mass is 28.3. The van der Waals surface area contributed by atoms with E-state index < -0.39 is 8.07 Å². The summed E-state index contributed by atoms with van der Waals surface area (Å²) in [6, 6.07) is 9.89. The maximum absolute atomic E-state index is 13.0. The summed E-state index contributed by atoms with van der Waals surface area (Å²) >= 11 is 0.